The summed E-state index contributed by atoms with van der Waals surface area (Å²) in [6.45, 7) is 0. The Labute approximate surface area is 73.6 Å². The zero-order valence-corrected chi connectivity index (χ0v) is 9.02. The van der Waals surface area contributed by atoms with Crippen LogP contribution in [0.2, 0.25) is 0 Å². The van der Waals surface area contributed by atoms with Crippen molar-refractivity contribution in [2.24, 2.45) is 0 Å². The zero-order valence-electron chi connectivity index (χ0n) is 1.83. The third kappa shape index (κ3) is 8.84. The minimum atomic E-state index is 0. The van der Waals surface area contributed by atoms with Crippen LogP contribution in [0.15, 0.2) is 0 Å². The Bertz CT molecular complexity index is 8.00. The Morgan fingerprint density at radius 3 is 1.00 bits per heavy atom. The average Bonchev–Trinajstić information content (AvgIpc) is 0. The Morgan fingerprint density at radius 1 is 1.00 bits per heavy atom. The van der Waals surface area contributed by atoms with Crippen LogP contribution in [0.25, 0.3) is 0 Å². The first-order valence-electron chi connectivity index (χ1n) is 0. The van der Waals surface area contributed by atoms with Gasteiger partial charge in [0.15, 0.2) is 0 Å². The van der Waals surface area contributed by atoms with E-state index in [4.69, 9.17) is 0 Å². The van der Waals surface area contributed by atoms with Gasteiger partial charge in [0.2, 0.25) is 0 Å². The molecule has 0 amide bonds. The van der Waals surface area contributed by atoms with Crippen molar-refractivity contribution in [3.05, 3.63) is 0 Å². The van der Waals surface area contributed by atoms with Crippen molar-refractivity contribution in [1.29, 1.82) is 0 Å². The first kappa shape index (κ1) is 33.0. The smallest absolute Gasteiger partial charge is 0 e. The topological polar surface area (TPSA) is 0 Å². The largest absolute Gasteiger partial charge is 0 e. The van der Waals surface area contributed by atoms with E-state index in [2.05, 4.69) is 0 Å². The molecule has 0 aromatic heterocycles. The molecule has 0 spiro atoms. The Hall–Kier alpha value is 2.34. The molecule has 24 valence electrons. The summed E-state index contributed by atoms with van der Waals surface area (Å²) in [6, 6.07) is 0. The summed E-state index contributed by atoms with van der Waals surface area (Å²) < 4.78 is 0. The van der Waals surface area contributed by atoms with Crippen LogP contribution in [0.4, 0.5) is 0 Å². The molecule has 0 saturated carbocycles. The molecule has 0 aromatic rings. The average molecular weight is 275 g/mol. The quantitative estimate of drug-likeness (QED) is 0.546. The monoisotopic (exact) mass is 276 g/mol. The van der Waals surface area contributed by atoms with Crippen LogP contribution in [-0.2, 0) is 74.4 Å². The molecule has 2 radical (unpaired) electrons. The van der Waals surface area contributed by atoms with E-state index in [1.807, 2.05) is 0 Å². The Balaban J connectivity index is 0. The fraction of sp³-hybridized carbons (Fsp3) is 0. The standard InChI is InChI=1S/Co.Mn.Mo.Zn. The Kier molecular flexibility index (Phi) is 152. The summed E-state index contributed by atoms with van der Waals surface area (Å²) in [7, 11) is 0. The van der Waals surface area contributed by atoms with Crippen molar-refractivity contribution in [2.45, 2.75) is 0 Å². The van der Waals surface area contributed by atoms with Crippen LogP contribution >= 0.6 is 0 Å². The van der Waals surface area contributed by atoms with Crippen molar-refractivity contribution in [1.82, 2.24) is 0 Å². The zero-order chi connectivity index (χ0) is 0. The second-order valence-electron chi connectivity index (χ2n) is 0. The Morgan fingerprint density at radius 2 is 1.00 bits per heavy atom. The molecule has 0 atom stereocenters. The van der Waals surface area contributed by atoms with Gasteiger partial charge in [0, 0.05) is 74.4 Å². The molecule has 0 rings (SSSR count). The van der Waals surface area contributed by atoms with E-state index in [9.17, 15) is 0 Å². The molecule has 0 aliphatic rings. The fourth-order valence-corrected chi connectivity index (χ4v) is 0. The van der Waals surface area contributed by atoms with Gasteiger partial charge in [0.25, 0.3) is 0 Å². The van der Waals surface area contributed by atoms with Gasteiger partial charge in [0.05, 0.1) is 0 Å². The predicted octanol–water partition coefficient (Wildman–Crippen LogP) is -0.0100. The summed E-state index contributed by atoms with van der Waals surface area (Å²) in [5.41, 5.74) is 0. The maximum absolute atomic E-state index is 0. The van der Waals surface area contributed by atoms with Crippen LogP contribution in [0, 0.1) is 0 Å². The number of rotatable bonds is 0. The molecule has 0 unspecified atom stereocenters. The fourth-order valence-electron chi connectivity index (χ4n) is 0. The van der Waals surface area contributed by atoms with Crippen molar-refractivity contribution in [2.75, 3.05) is 0 Å². The van der Waals surface area contributed by atoms with E-state index >= 15 is 0 Å². The van der Waals surface area contributed by atoms with Crippen molar-refractivity contribution in [3.63, 3.8) is 0 Å². The van der Waals surface area contributed by atoms with Gasteiger partial charge < -0.3 is 0 Å². The SMILES string of the molecule is [Co].[Mn].[Mo].[Zn]. The van der Waals surface area contributed by atoms with Gasteiger partial charge in [-0.05, 0) is 0 Å². The molecule has 4 heteroatoms. The first-order chi connectivity index (χ1) is 0. The molecule has 4 heavy (non-hydrogen) atoms. The van der Waals surface area contributed by atoms with Crippen LogP contribution in [0.5, 0.6) is 0 Å². The van der Waals surface area contributed by atoms with Gasteiger partial charge in [0.1, 0.15) is 0 Å². The molecule has 0 nitrogen and oxygen atoms in total. The van der Waals surface area contributed by atoms with Crippen LogP contribution in [-0.4, -0.2) is 0 Å². The van der Waals surface area contributed by atoms with E-state index in [0.29, 0.717) is 0 Å². The molecule has 0 fully saturated rings. The molecule has 0 aromatic carbocycles. The van der Waals surface area contributed by atoms with Crippen molar-refractivity contribution in [3.8, 4) is 0 Å². The van der Waals surface area contributed by atoms with E-state index in [-0.39, 0.29) is 74.4 Å². The van der Waals surface area contributed by atoms with E-state index in [0.717, 1.165) is 0 Å². The summed E-state index contributed by atoms with van der Waals surface area (Å²) >= 11 is 0. The van der Waals surface area contributed by atoms with Crippen molar-refractivity contribution < 1.29 is 74.4 Å². The van der Waals surface area contributed by atoms with E-state index < -0.39 is 0 Å². The molecular formula is CoMnMoZn. The maximum Gasteiger partial charge on any atom is 0 e. The minimum Gasteiger partial charge on any atom is 0 e. The summed E-state index contributed by atoms with van der Waals surface area (Å²) in [6.07, 6.45) is 0. The summed E-state index contributed by atoms with van der Waals surface area (Å²) in [4.78, 5) is 0. The van der Waals surface area contributed by atoms with Crippen LogP contribution in [0.3, 0.4) is 0 Å². The van der Waals surface area contributed by atoms with Crippen LogP contribution in [0.1, 0.15) is 0 Å². The number of hydrogen-bond acceptors (Lipinski definition) is 0. The predicted molar refractivity (Wildman–Crippen MR) is 0 cm³/mol. The second-order valence-corrected chi connectivity index (χ2v) is 0. The molecule has 0 N–H and O–H groups in total. The van der Waals surface area contributed by atoms with Gasteiger partial charge in [-0.25, -0.2) is 0 Å². The van der Waals surface area contributed by atoms with Gasteiger partial charge >= 0.3 is 0 Å². The van der Waals surface area contributed by atoms with E-state index in [1.165, 1.54) is 0 Å². The van der Waals surface area contributed by atoms with Gasteiger partial charge in [-0.3, -0.25) is 0 Å². The van der Waals surface area contributed by atoms with Gasteiger partial charge in [-0.2, -0.15) is 0 Å². The first-order valence-corrected chi connectivity index (χ1v) is 0. The van der Waals surface area contributed by atoms with Gasteiger partial charge in [-0.1, -0.05) is 0 Å². The normalized spacial score (nSPS) is 0. The van der Waals surface area contributed by atoms with Crippen molar-refractivity contribution >= 4 is 0 Å². The third-order valence-electron chi connectivity index (χ3n) is 0. The number of hydrogen-bond donors (Lipinski definition) is 0. The van der Waals surface area contributed by atoms with Gasteiger partial charge in [-0.15, -0.1) is 0 Å². The maximum atomic E-state index is 0. The second kappa shape index (κ2) is 18.4. The molecule has 0 saturated heterocycles. The molecule has 0 heterocycles. The summed E-state index contributed by atoms with van der Waals surface area (Å²) in [5, 5.41) is 0. The van der Waals surface area contributed by atoms with E-state index in [1.54, 1.807) is 0 Å². The molecule has 0 aliphatic carbocycles. The summed E-state index contributed by atoms with van der Waals surface area (Å²) in [5.74, 6) is 0. The minimum absolute atomic E-state index is 0. The molecular weight excluding hydrogens is 275 g/mol. The van der Waals surface area contributed by atoms with Crippen LogP contribution < -0.4 is 0 Å². The molecule has 0 bridgehead atoms. The third-order valence-corrected chi connectivity index (χ3v) is 0. The molecule has 0 aliphatic heterocycles.